The lowest BCUT2D eigenvalue weighted by atomic mass is 9.99. The van der Waals surface area contributed by atoms with Gasteiger partial charge < -0.3 is 14.2 Å². The van der Waals surface area contributed by atoms with Crippen molar-refractivity contribution in [3.63, 3.8) is 0 Å². The van der Waals surface area contributed by atoms with E-state index in [1.165, 1.54) is 4.31 Å². The number of likely N-dealkylation sites (tertiary alicyclic amines) is 1. The molecule has 29 heavy (non-hydrogen) atoms. The number of carbonyl (C=O) groups excluding carboxylic acids is 1. The molecule has 3 aliphatic heterocycles. The van der Waals surface area contributed by atoms with E-state index in [-0.39, 0.29) is 37.3 Å². The van der Waals surface area contributed by atoms with Gasteiger partial charge in [0.1, 0.15) is 16.6 Å². The summed E-state index contributed by atoms with van der Waals surface area (Å²) in [6.45, 7) is 2.77. The van der Waals surface area contributed by atoms with Gasteiger partial charge in [0, 0.05) is 30.7 Å². The molecule has 1 amide bonds. The van der Waals surface area contributed by atoms with Crippen LogP contribution in [0, 0.1) is 6.92 Å². The molecule has 3 atom stereocenters. The van der Waals surface area contributed by atoms with Crippen molar-refractivity contribution in [2.75, 3.05) is 19.6 Å². The first kappa shape index (κ1) is 19.0. The van der Waals surface area contributed by atoms with E-state index in [0.717, 1.165) is 5.56 Å². The summed E-state index contributed by atoms with van der Waals surface area (Å²) in [6.07, 6.45) is 0.0966. The quantitative estimate of drug-likeness (QED) is 0.727. The number of aryl methyl sites for hydroxylation is 1. The van der Waals surface area contributed by atoms with Crippen molar-refractivity contribution >= 4 is 27.5 Å². The highest BCUT2D eigenvalue weighted by Crippen LogP contribution is 2.47. The van der Waals surface area contributed by atoms with Crippen LogP contribution in [-0.2, 0) is 21.3 Å². The Kier molecular flexibility index (Phi) is 4.29. The topological polar surface area (TPSA) is 93.0 Å². The number of morpholine rings is 1. The average Bonchev–Trinajstić information content (AvgIpc) is 3.28. The largest absolute Gasteiger partial charge is 0.365 e. The highest BCUT2D eigenvalue weighted by Gasteiger charge is 2.65. The Morgan fingerprint density at radius 2 is 2.07 bits per heavy atom. The number of amides is 1. The molecule has 2 bridgehead atoms. The molecule has 8 nitrogen and oxygen atoms in total. The van der Waals surface area contributed by atoms with E-state index in [9.17, 15) is 13.2 Å². The molecule has 0 aliphatic carbocycles. The van der Waals surface area contributed by atoms with Gasteiger partial charge in [-0.1, -0.05) is 28.9 Å². The number of fused-ring (bicyclic) bond motifs is 1. The fraction of sp³-hybridized carbons (Fsp3) is 0.474. The van der Waals surface area contributed by atoms with Gasteiger partial charge in [-0.3, -0.25) is 4.79 Å². The summed E-state index contributed by atoms with van der Waals surface area (Å²) in [5, 5.41) is 3.76. The van der Waals surface area contributed by atoms with Crippen LogP contribution in [0.4, 0.5) is 0 Å². The van der Waals surface area contributed by atoms with E-state index in [0.29, 0.717) is 23.7 Å². The molecule has 0 saturated carbocycles. The van der Waals surface area contributed by atoms with E-state index >= 15 is 0 Å². The summed E-state index contributed by atoms with van der Waals surface area (Å²) in [5.41, 5.74) is 0.172. The maximum atomic E-state index is 13.2. The third-order valence-corrected chi connectivity index (χ3v) is 8.49. The molecule has 1 aromatic heterocycles. The second-order valence-electron chi connectivity index (χ2n) is 7.98. The van der Waals surface area contributed by atoms with Crippen molar-refractivity contribution in [2.45, 2.75) is 36.8 Å². The second kappa shape index (κ2) is 6.53. The molecule has 0 N–H and O–H groups in total. The van der Waals surface area contributed by atoms with Gasteiger partial charge in [0.25, 0.3) is 5.91 Å². The fourth-order valence-corrected chi connectivity index (χ4v) is 7.09. The zero-order valence-electron chi connectivity index (χ0n) is 15.7. The van der Waals surface area contributed by atoms with Crippen LogP contribution in [0.5, 0.6) is 0 Å². The molecule has 5 rings (SSSR count). The van der Waals surface area contributed by atoms with Crippen molar-refractivity contribution in [1.29, 1.82) is 0 Å². The first-order valence-electron chi connectivity index (χ1n) is 9.41. The van der Waals surface area contributed by atoms with Gasteiger partial charge in [0.15, 0.2) is 5.69 Å². The van der Waals surface area contributed by atoms with Crippen LogP contribution >= 0.6 is 11.6 Å². The lowest BCUT2D eigenvalue weighted by molar-refractivity contribution is -0.0981. The summed E-state index contributed by atoms with van der Waals surface area (Å²) < 4.78 is 39.1. The van der Waals surface area contributed by atoms with E-state index in [4.69, 9.17) is 20.9 Å². The first-order chi connectivity index (χ1) is 13.8. The van der Waals surface area contributed by atoms with Crippen molar-refractivity contribution in [3.8, 4) is 0 Å². The van der Waals surface area contributed by atoms with E-state index < -0.39 is 20.9 Å². The smallest absolute Gasteiger partial charge is 0.276 e. The number of carbonyl (C=O) groups is 1. The summed E-state index contributed by atoms with van der Waals surface area (Å²) in [5.74, 6) is 0.293. The Morgan fingerprint density at radius 3 is 2.76 bits per heavy atom. The number of sulfonamides is 1. The minimum absolute atomic E-state index is 0.218. The summed E-state index contributed by atoms with van der Waals surface area (Å²) in [7, 11) is -3.54. The molecule has 0 unspecified atom stereocenters. The molecule has 3 saturated heterocycles. The monoisotopic (exact) mass is 437 g/mol. The van der Waals surface area contributed by atoms with Crippen LogP contribution in [0.3, 0.4) is 0 Å². The molecule has 3 fully saturated rings. The predicted octanol–water partition coefficient (Wildman–Crippen LogP) is 1.83. The Balaban J connectivity index is 1.40. The highest BCUT2D eigenvalue weighted by atomic mass is 35.5. The number of rotatable bonds is 3. The predicted molar refractivity (Wildman–Crippen MR) is 104 cm³/mol. The molecule has 4 heterocycles. The zero-order chi connectivity index (χ0) is 20.4. The number of hydrogen-bond acceptors (Lipinski definition) is 6. The highest BCUT2D eigenvalue weighted by molar-refractivity contribution is 7.90. The number of aromatic nitrogens is 1. The lowest BCUT2D eigenvalue weighted by Crippen LogP contribution is -2.56. The number of nitrogens with zero attached hydrogens (tertiary/aromatic N) is 3. The molecule has 3 aliphatic rings. The normalized spacial score (nSPS) is 30.5. The Morgan fingerprint density at radius 1 is 1.31 bits per heavy atom. The Bertz CT molecular complexity index is 1070. The summed E-state index contributed by atoms with van der Waals surface area (Å²) >= 11 is 5.93. The van der Waals surface area contributed by atoms with Crippen LogP contribution < -0.4 is 0 Å². The van der Waals surface area contributed by atoms with Crippen molar-refractivity contribution in [1.82, 2.24) is 14.4 Å². The molecule has 10 heteroatoms. The van der Waals surface area contributed by atoms with Gasteiger partial charge in [-0.05, 0) is 31.0 Å². The maximum absolute atomic E-state index is 13.2. The fourth-order valence-electron chi connectivity index (χ4n) is 4.67. The molecule has 1 spiro atoms. The number of benzene rings is 1. The zero-order valence-corrected chi connectivity index (χ0v) is 17.3. The van der Waals surface area contributed by atoms with Crippen LogP contribution in [0.25, 0.3) is 0 Å². The van der Waals surface area contributed by atoms with Gasteiger partial charge in [0.2, 0.25) is 10.0 Å². The summed E-state index contributed by atoms with van der Waals surface area (Å²) in [6, 6.07) is 8.71. The van der Waals surface area contributed by atoms with Crippen LogP contribution in [0.15, 0.2) is 34.9 Å². The first-order valence-corrected chi connectivity index (χ1v) is 11.3. The third-order valence-electron chi connectivity index (χ3n) is 5.92. The van der Waals surface area contributed by atoms with Crippen molar-refractivity contribution < 1.29 is 22.5 Å². The van der Waals surface area contributed by atoms with Crippen LogP contribution in [0.2, 0.25) is 5.02 Å². The standard InChI is InChI=1S/C19H20ClN3O5S/c1-12-6-16(21-28-12)18(24)22-9-15-7-17-19(10-22,27-15)11-23(29(17,25)26)8-13-2-4-14(20)5-3-13/h2-6,15,17H,7-11H2,1H3/t15-,17+,19+/m0/s1. The van der Waals surface area contributed by atoms with Crippen LogP contribution in [-0.4, -0.2) is 65.3 Å². The Labute approximate surface area is 173 Å². The third kappa shape index (κ3) is 3.07. The molecular weight excluding hydrogens is 418 g/mol. The van der Waals surface area contributed by atoms with Gasteiger partial charge in [-0.25, -0.2) is 8.42 Å². The van der Waals surface area contributed by atoms with E-state index in [1.54, 1.807) is 30.0 Å². The van der Waals surface area contributed by atoms with Gasteiger partial charge in [-0.2, -0.15) is 4.31 Å². The number of ether oxygens (including phenoxy) is 1. The molecule has 1 aromatic carbocycles. The van der Waals surface area contributed by atoms with Crippen molar-refractivity contribution in [3.05, 3.63) is 52.4 Å². The molecule has 2 aromatic rings. The van der Waals surface area contributed by atoms with E-state index in [1.807, 2.05) is 12.1 Å². The average molecular weight is 438 g/mol. The van der Waals surface area contributed by atoms with E-state index in [2.05, 4.69) is 5.16 Å². The minimum Gasteiger partial charge on any atom is -0.365 e. The Hall–Kier alpha value is -1.94. The summed E-state index contributed by atoms with van der Waals surface area (Å²) in [4.78, 5) is 14.5. The number of hydrogen-bond donors (Lipinski definition) is 0. The van der Waals surface area contributed by atoms with Crippen molar-refractivity contribution in [2.24, 2.45) is 0 Å². The molecular formula is C19H20ClN3O5S. The maximum Gasteiger partial charge on any atom is 0.276 e. The van der Waals surface area contributed by atoms with Gasteiger partial charge in [0.05, 0.1) is 12.6 Å². The lowest BCUT2D eigenvalue weighted by Gasteiger charge is -2.39. The van der Waals surface area contributed by atoms with Crippen LogP contribution in [0.1, 0.15) is 28.2 Å². The van der Waals surface area contributed by atoms with Gasteiger partial charge in [-0.15, -0.1) is 0 Å². The second-order valence-corrected chi connectivity index (χ2v) is 10.5. The minimum atomic E-state index is -3.54. The molecule has 154 valence electrons. The van der Waals surface area contributed by atoms with Gasteiger partial charge >= 0.3 is 0 Å². The SMILES string of the molecule is Cc1cc(C(=O)N2C[C@@H]3C[C@@H]4[C@@](C2)(CN(Cc2ccc(Cl)cc2)S4(=O)=O)O3)no1. The number of halogens is 1. The molecule has 0 radical (unpaired) electrons.